The lowest BCUT2D eigenvalue weighted by molar-refractivity contribution is 0.448. The zero-order chi connectivity index (χ0) is 12.8. The van der Waals surface area contributed by atoms with Crippen LogP contribution in [0.15, 0.2) is 29.2 Å². The van der Waals surface area contributed by atoms with E-state index in [1.165, 1.54) is 0 Å². The molecule has 0 aliphatic carbocycles. The molecule has 2 saturated heterocycles. The molecule has 1 N–H and O–H groups in total. The van der Waals surface area contributed by atoms with E-state index in [-0.39, 0.29) is 0 Å². The number of nitrogens with one attached hydrogen (secondary N) is 1. The van der Waals surface area contributed by atoms with E-state index in [2.05, 4.69) is 5.32 Å². The second-order valence-electron chi connectivity index (χ2n) is 5.25. The summed E-state index contributed by atoms with van der Waals surface area (Å²) in [7, 11) is -3.31. The van der Waals surface area contributed by atoms with Crippen molar-refractivity contribution in [2.75, 3.05) is 19.6 Å². The first-order chi connectivity index (χ1) is 8.57. The van der Waals surface area contributed by atoms with E-state index in [4.69, 9.17) is 0 Å². The van der Waals surface area contributed by atoms with Crippen LogP contribution in [0, 0.1) is 12.8 Å². The molecule has 1 aromatic rings. The Kier molecular flexibility index (Phi) is 2.92. The van der Waals surface area contributed by atoms with Gasteiger partial charge in [0.25, 0.3) is 0 Å². The summed E-state index contributed by atoms with van der Waals surface area (Å²) in [6.45, 7) is 4.21. The lowest BCUT2D eigenvalue weighted by Crippen LogP contribution is -2.34. The minimum Gasteiger partial charge on any atom is -0.312 e. The number of fused-ring (bicyclic) bond motifs is 1. The molecule has 2 heterocycles. The first-order valence-electron chi connectivity index (χ1n) is 6.37. The molecule has 18 heavy (non-hydrogen) atoms. The van der Waals surface area contributed by atoms with Crippen molar-refractivity contribution in [3.8, 4) is 0 Å². The number of nitrogens with zero attached hydrogens (tertiary/aromatic N) is 1. The zero-order valence-corrected chi connectivity index (χ0v) is 11.3. The summed E-state index contributed by atoms with van der Waals surface area (Å²) in [6.07, 6.45) is 1.09. The number of hydrogen-bond donors (Lipinski definition) is 1. The molecule has 0 radical (unpaired) electrons. The van der Waals surface area contributed by atoms with Gasteiger partial charge in [-0.05, 0) is 43.5 Å². The van der Waals surface area contributed by atoms with Crippen LogP contribution in [0.3, 0.4) is 0 Å². The Bertz CT molecular complexity index is 544. The molecule has 0 bridgehead atoms. The average molecular weight is 266 g/mol. The van der Waals surface area contributed by atoms with Gasteiger partial charge < -0.3 is 5.32 Å². The maximum Gasteiger partial charge on any atom is 0.243 e. The number of aryl methyl sites for hydroxylation is 1. The van der Waals surface area contributed by atoms with Crippen LogP contribution in [-0.2, 0) is 10.0 Å². The summed E-state index contributed by atoms with van der Waals surface area (Å²) in [6, 6.07) is 7.50. The molecule has 98 valence electrons. The highest BCUT2D eigenvalue weighted by Gasteiger charge is 2.41. The first kappa shape index (κ1) is 12.1. The molecule has 2 aliphatic heterocycles. The SMILES string of the molecule is Cc1cccc(S(=O)(=O)N2C[C@@H]3CCN[C@@H]3C2)c1. The summed E-state index contributed by atoms with van der Waals surface area (Å²) >= 11 is 0. The van der Waals surface area contributed by atoms with Gasteiger partial charge in [0.1, 0.15) is 0 Å². The molecule has 0 saturated carbocycles. The average Bonchev–Trinajstić information content (AvgIpc) is 2.89. The third kappa shape index (κ3) is 1.96. The molecular formula is C13H18N2O2S. The standard InChI is InChI=1S/C13H18N2O2S/c1-10-3-2-4-12(7-10)18(16,17)15-8-11-5-6-14-13(11)9-15/h2-4,7,11,13-14H,5-6,8-9H2,1H3/t11-,13+/m0/s1. The van der Waals surface area contributed by atoms with E-state index in [0.717, 1.165) is 18.5 Å². The van der Waals surface area contributed by atoms with E-state index in [9.17, 15) is 8.42 Å². The van der Waals surface area contributed by atoms with E-state index < -0.39 is 10.0 Å². The van der Waals surface area contributed by atoms with Gasteiger partial charge in [-0.15, -0.1) is 0 Å². The number of benzene rings is 1. The topological polar surface area (TPSA) is 49.4 Å². The summed E-state index contributed by atoms with van der Waals surface area (Å²) < 4.78 is 26.7. The van der Waals surface area contributed by atoms with Crippen LogP contribution >= 0.6 is 0 Å². The lowest BCUT2D eigenvalue weighted by atomic mass is 10.1. The molecule has 2 atom stereocenters. The van der Waals surface area contributed by atoms with Crippen LogP contribution < -0.4 is 5.32 Å². The Morgan fingerprint density at radius 3 is 2.89 bits per heavy atom. The number of hydrogen-bond acceptors (Lipinski definition) is 3. The Hall–Kier alpha value is -0.910. The van der Waals surface area contributed by atoms with Crippen molar-refractivity contribution < 1.29 is 8.42 Å². The zero-order valence-electron chi connectivity index (χ0n) is 10.5. The van der Waals surface area contributed by atoms with Gasteiger partial charge in [-0.2, -0.15) is 4.31 Å². The van der Waals surface area contributed by atoms with Crippen molar-refractivity contribution >= 4 is 10.0 Å². The minimum absolute atomic E-state index is 0.351. The quantitative estimate of drug-likeness (QED) is 0.868. The van der Waals surface area contributed by atoms with Gasteiger partial charge in [0.2, 0.25) is 10.0 Å². The highest BCUT2D eigenvalue weighted by Crippen LogP contribution is 2.29. The van der Waals surface area contributed by atoms with Gasteiger partial charge in [0.05, 0.1) is 4.90 Å². The molecule has 2 fully saturated rings. The second kappa shape index (κ2) is 4.33. The molecule has 0 aromatic heterocycles. The van der Waals surface area contributed by atoms with Crippen LogP contribution in [0.25, 0.3) is 0 Å². The molecule has 5 heteroatoms. The van der Waals surface area contributed by atoms with Gasteiger partial charge in [0, 0.05) is 19.1 Å². The van der Waals surface area contributed by atoms with Crippen molar-refractivity contribution in [1.82, 2.24) is 9.62 Å². The monoisotopic (exact) mass is 266 g/mol. The van der Waals surface area contributed by atoms with Crippen molar-refractivity contribution in [3.63, 3.8) is 0 Å². The van der Waals surface area contributed by atoms with Gasteiger partial charge >= 0.3 is 0 Å². The van der Waals surface area contributed by atoms with Crippen molar-refractivity contribution in [3.05, 3.63) is 29.8 Å². The molecule has 0 spiro atoms. The molecule has 2 aliphatic rings. The fourth-order valence-electron chi connectivity index (χ4n) is 2.93. The lowest BCUT2D eigenvalue weighted by Gasteiger charge is -2.17. The molecular weight excluding hydrogens is 248 g/mol. The predicted octanol–water partition coefficient (Wildman–Crippen LogP) is 0.977. The minimum atomic E-state index is -3.31. The smallest absolute Gasteiger partial charge is 0.243 e. The Balaban J connectivity index is 1.87. The normalized spacial score (nSPS) is 28.5. The Labute approximate surface area is 108 Å². The summed E-state index contributed by atoms with van der Waals surface area (Å²) in [5, 5.41) is 3.38. The van der Waals surface area contributed by atoms with Crippen LogP contribution in [0.1, 0.15) is 12.0 Å². The summed E-state index contributed by atoms with van der Waals surface area (Å²) in [5.41, 5.74) is 0.980. The maximum absolute atomic E-state index is 12.5. The van der Waals surface area contributed by atoms with Gasteiger partial charge in [-0.1, -0.05) is 12.1 Å². The van der Waals surface area contributed by atoms with Crippen molar-refractivity contribution in [2.45, 2.75) is 24.3 Å². The fourth-order valence-corrected chi connectivity index (χ4v) is 4.56. The van der Waals surface area contributed by atoms with Crippen molar-refractivity contribution in [1.29, 1.82) is 0 Å². The van der Waals surface area contributed by atoms with Crippen LogP contribution in [0.2, 0.25) is 0 Å². The highest BCUT2D eigenvalue weighted by atomic mass is 32.2. The third-order valence-electron chi connectivity index (χ3n) is 3.96. The van der Waals surface area contributed by atoms with Crippen molar-refractivity contribution in [2.24, 2.45) is 5.92 Å². The van der Waals surface area contributed by atoms with E-state index in [0.29, 0.717) is 29.9 Å². The van der Waals surface area contributed by atoms with Crippen LogP contribution in [-0.4, -0.2) is 38.4 Å². The molecule has 4 nitrogen and oxygen atoms in total. The summed E-state index contributed by atoms with van der Waals surface area (Å²) in [4.78, 5) is 0.419. The van der Waals surface area contributed by atoms with E-state index in [1.807, 2.05) is 13.0 Å². The fraction of sp³-hybridized carbons (Fsp3) is 0.538. The third-order valence-corrected chi connectivity index (χ3v) is 5.78. The molecule has 1 aromatic carbocycles. The summed E-state index contributed by atoms with van der Waals surface area (Å²) in [5.74, 6) is 0.490. The maximum atomic E-state index is 12.5. The van der Waals surface area contributed by atoms with Crippen LogP contribution in [0.4, 0.5) is 0 Å². The molecule has 3 rings (SSSR count). The first-order valence-corrected chi connectivity index (χ1v) is 7.81. The Morgan fingerprint density at radius 2 is 2.17 bits per heavy atom. The van der Waals surface area contributed by atoms with Crippen LogP contribution in [0.5, 0.6) is 0 Å². The van der Waals surface area contributed by atoms with Gasteiger partial charge in [-0.25, -0.2) is 8.42 Å². The Morgan fingerprint density at radius 1 is 1.33 bits per heavy atom. The van der Waals surface area contributed by atoms with Gasteiger partial charge in [0.15, 0.2) is 0 Å². The molecule has 0 amide bonds. The molecule has 0 unspecified atom stereocenters. The van der Waals surface area contributed by atoms with E-state index >= 15 is 0 Å². The predicted molar refractivity (Wildman–Crippen MR) is 69.8 cm³/mol. The second-order valence-corrected chi connectivity index (χ2v) is 7.19. The largest absolute Gasteiger partial charge is 0.312 e. The highest BCUT2D eigenvalue weighted by molar-refractivity contribution is 7.89. The number of sulfonamides is 1. The van der Waals surface area contributed by atoms with Gasteiger partial charge in [-0.3, -0.25) is 0 Å². The number of rotatable bonds is 2. The van der Waals surface area contributed by atoms with E-state index in [1.54, 1.807) is 22.5 Å².